The molecule has 7 heteroatoms. The van der Waals surface area contributed by atoms with Crippen molar-refractivity contribution in [1.29, 1.82) is 0 Å². The van der Waals surface area contributed by atoms with E-state index in [4.69, 9.17) is 0 Å². The Hall–Kier alpha value is -2.02. The first-order valence-corrected chi connectivity index (χ1v) is 6.20. The van der Waals surface area contributed by atoms with E-state index in [0.29, 0.717) is 24.3 Å². The summed E-state index contributed by atoms with van der Waals surface area (Å²) in [7, 11) is 0. The molecule has 0 unspecified atom stereocenters. The molecule has 0 saturated carbocycles. The maximum atomic E-state index is 12.4. The number of rotatable bonds is 2. The molecule has 0 atom stereocenters. The minimum atomic E-state index is -0.535. The Morgan fingerprint density at radius 3 is 3.00 bits per heavy atom. The predicted molar refractivity (Wildman–Crippen MR) is 69.0 cm³/mol. The lowest BCUT2D eigenvalue weighted by Gasteiger charge is -2.20. The summed E-state index contributed by atoms with van der Waals surface area (Å²) in [5.41, 5.74) is 0.686. The number of pyridine rings is 1. The molecule has 1 N–H and O–H groups in total. The van der Waals surface area contributed by atoms with Crippen LogP contribution in [0, 0.1) is 17.0 Å². The Kier molecular flexibility index (Phi) is 4.06. The van der Waals surface area contributed by atoms with Crippen molar-refractivity contribution in [1.82, 2.24) is 15.2 Å². The SMILES string of the molecule is Cc1ncc([N+](=O)[O-])cc1C(=O)N1CCCNCC1. The molecular weight excluding hydrogens is 248 g/mol. The lowest BCUT2D eigenvalue weighted by atomic mass is 10.1. The topological polar surface area (TPSA) is 88.4 Å². The molecule has 2 rings (SSSR count). The second-order valence-electron chi connectivity index (χ2n) is 4.48. The van der Waals surface area contributed by atoms with E-state index in [2.05, 4.69) is 10.3 Å². The molecule has 0 bridgehead atoms. The summed E-state index contributed by atoms with van der Waals surface area (Å²) in [6.45, 7) is 4.59. The number of nitro groups is 1. The largest absolute Gasteiger partial charge is 0.337 e. The van der Waals surface area contributed by atoms with Crippen LogP contribution in [0.25, 0.3) is 0 Å². The van der Waals surface area contributed by atoms with Gasteiger partial charge in [0.25, 0.3) is 11.6 Å². The Labute approximate surface area is 110 Å². The lowest BCUT2D eigenvalue weighted by Crippen LogP contribution is -2.34. The Bertz CT molecular complexity index is 496. The molecule has 2 heterocycles. The van der Waals surface area contributed by atoms with Gasteiger partial charge < -0.3 is 10.2 Å². The van der Waals surface area contributed by atoms with E-state index in [1.54, 1.807) is 11.8 Å². The third-order valence-electron chi connectivity index (χ3n) is 3.14. The molecule has 102 valence electrons. The van der Waals surface area contributed by atoms with Crippen LogP contribution < -0.4 is 5.32 Å². The van der Waals surface area contributed by atoms with Crippen molar-refractivity contribution >= 4 is 11.6 Å². The highest BCUT2D eigenvalue weighted by Gasteiger charge is 2.21. The van der Waals surface area contributed by atoms with E-state index in [1.807, 2.05) is 0 Å². The van der Waals surface area contributed by atoms with Crippen LogP contribution in [0.2, 0.25) is 0 Å². The number of nitrogens with one attached hydrogen (secondary N) is 1. The van der Waals surface area contributed by atoms with Gasteiger partial charge in [-0.3, -0.25) is 19.9 Å². The highest BCUT2D eigenvalue weighted by Crippen LogP contribution is 2.17. The van der Waals surface area contributed by atoms with Gasteiger partial charge in [-0.25, -0.2) is 0 Å². The smallest absolute Gasteiger partial charge is 0.288 e. The quantitative estimate of drug-likeness (QED) is 0.628. The summed E-state index contributed by atoms with van der Waals surface area (Å²) < 4.78 is 0. The summed E-state index contributed by atoms with van der Waals surface area (Å²) in [4.78, 5) is 28.2. The van der Waals surface area contributed by atoms with Crippen molar-refractivity contribution in [3.05, 3.63) is 33.6 Å². The van der Waals surface area contributed by atoms with Crippen LogP contribution in [0.5, 0.6) is 0 Å². The molecule has 0 radical (unpaired) electrons. The zero-order valence-corrected chi connectivity index (χ0v) is 10.8. The van der Waals surface area contributed by atoms with Crippen molar-refractivity contribution < 1.29 is 9.72 Å². The standard InChI is InChI=1S/C12H16N4O3/c1-9-11(7-10(8-14-9)16(18)19)12(17)15-5-2-3-13-4-6-15/h7-8,13H,2-6H2,1H3. The van der Waals surface area contributed by atoms with Gasteiger partial charge in [0.05, 0.1) is 16.2 Å². The van der Waals surface area contributed by atoms with E-state index in [9.17, 15) is 14.9 Å². The van der Waals surface area contributed by atoms with Crippen molar-refractivity contribution in [2.75, 3.05) is 26.2 Å². The van der Waals surface area contributed by atoms with Crippen LogP contribution >= 0.6 is 0 Å². The average molecular weight is 264 g/mol. The lowest BCUT2D eigenvalue weighted by molar-refractivity contribution is -0.385. The summed E-state index contributed by atoms with van der Waals surface area (Å²) in [5, 5.41) is 14.0. The Balaban J connectivity index is 2.26. The molecule has 1 aromatic heterocycles. The predicted octanol–water partition coefficient (Wildman–Crippen LogP) is 0.734. The average Bonchev–Trinajstić information content (AvgIpc) is 2.67. The molecule has 19 heavy (non-hydrogen) atoms. The number of hydrogen-bond donors (Lipinski definition) is 1. The second-order valence-corrected chi connectivity index (χ2v) is 4.48. The molecule has 1 aliphatic heterocycles. The first kappa shape index (κ1) is 13.4. The first-order chi connectivity index (χ1) is 9.09. The van der Waals surface area contributed by atoms with Crippen molar-refractivity contribution in [3.63, 3.8) is 0 Å². The van der Waals surface area contributed by atoms with Crippen LogP contribution in [0.15, 0.2) is 12.3 Å². The number of carbonyl (C=O) groups is 1. The molecule has 0 aliphatic carbocycles. The van der Waals surface area contributed by atoms with Gasteiger partial charge in [-0.2, -0.15) is 0 Å². The number of amides is 1. The van der Waals surface area contributed by atoms with Crippen LogP contribution in [-0.2, 0) is 0 Å². The molecule has 1 amide bonds. The number of aromatic nitrogens is 1. The molecule has 0 aromatic carbocycles. The minimum absolute atomic E-state index is 0.151. The van der Waals surface area contributed by atoms with Crippen LogP contribution in [0.4, 0.5) is 5.69 Å². The van der Waals surface area contributed by atoms with Gasteiger partial charge in [-0.15, -0.1) is 0 Å². The summed E-state index contributed by atoms with van der Waals surface area (Å²) in [6, 6.07) is 1.31. The highest BCUT2D eigenvalue weighted by atomic mass is 16.6. The fraction of sp³-hybridized carbons (Fsp3) is 0.500. The van der Waals surface area contributed by atoms with Crippen molar-refractivity contribution in [3.8, 4) is 0 Å². The van der Waals surface area contributed by atoms with E-state index >= 15 is 0 Å². The monoisotopic (exact) mass is 264 g/mol. The maximum Gasteiger partial charge on any atom is 0.288 e. The zero-order valence-electron chi connectivity index (χ0n) is 10.8. The number of hydrogen-bond acceptors (Lipinski definition) is 5. The van der Waals surface area contributed by atoms with Crippen LogP contribution in [0.3, 0.4) is 0 Å². The molecular formula is C12H16N4O3. The van der Waals surface area contributed by atoms with Gasteiger partial charge >= 0.3 is 0 Å². The third-order valence-corrected chi connectivity index (χ3v) is 3.14. The molecule has 1 fully saturated rings. The van der Waals surface area contributed by atoms with Gasteiger partial charge in [-0.05, 0) is 19.9 Å². The van der Waals surface area contributed by atoms with E-state index in [1.165, 1.54) is 12.3 Å². The molecule has 7 nitrogen and oxygen atoms in total. The van der Waals surface area contributed by atoms with E-state index in [-0.39, 0.29) is 11.6 Å². The normalized spacial score (nSPS) is 15.9. The minimum Gasteiger partial charge on any atom is -0.337 e. The fourth-order valence-electron chi connectivity index (χ4n) is 2.06. The van der Waals surface area contributed by atoms with E-state index < -0.39 is 4.92 Å². The van der Waals surface area contributed by atoms with E-state index in [0.717, 1.165) is 19.5 Å². The summed E-state index contributed by atoms with van der Waals surface area (Å²) in [5.74, 6) is -0.183. The molecule has 1 aromatic rings. The second kappa shape index (κ2) is 5.75. The summed E-state index contributed by atoms with van der Waals surface area (Å²) >= 11 is 0. The molecule has 0 spiro atoms. The maximum absolute atomic E-state index is 12.4. The third kappa shape index (κ3) is 3.05. The van der Waals surface area contributed by atoms with Crippen LogP contribution in [0.1, 0.15) is 22.5 Å². The first-order valence-electron chi connectivity index (χ1n) is 6.20. The van der Waals surface area contributed by atoms with Gasteiger partial charge in [0.2, 0.25) is 0 Å². The molecule has 1 saturated heterocycles. The Morgan fingerprint density at radius 2 is 2.26 bits per heavy atom. The highest BCUT2D eigenvalue weighted by molar-refractivity contribution is 5.95. The van der Waals surface area contributed by atoms with Crippen LogP contribution in [-0.4, -0.2) is 46.9 Å². The fourth-order valence-corrected chi connectivity index (χ4v) is 2.06. The number of carbonyl (C=O) groups excluding carboxylic acids is 1. The summed E-state index contributed by atoms with van der Waals surface area (Å²) in [6.07, 6.45) is 2.06. The number of aryl methyl sites for hydroxylation is 1. The van der Waals surface area contributed by atoms with Crippen molar-refractivity contribution in [2.45, 2.75) is 13.3 Å². The van der Waals surface area contributed by atoms with Crippen molar-refractivity contribution in [2.24, 2.45) is 0 Å². The van der Waals surface area contributed by atoms with Gasteiger partial charge in [-0.1, -0.05) is 0 Å². The van der Waals surface area contributed by atoms with Gasteiger partial charge in [0.15, 0.2) is 0 Å². The molecule has 1 aliphatic rings. The number of nitrogens with zero attached hydrogens (tertiary/aromatic N) is 3. The van der Waals surface area contributed by atoms with Gasteiger partial charge in [0.1, 0.15) is 6.20 Å². The zero-order chi connectivity index (χ0) is 13.8. The van der Waals surface area contributed by atoms with Gasteiger partial charge in [0, 0.05) is 25.7 Å². The Morgan fingerprint density at radius 1 is 1.47 bits per heavy atom.